The van der Waals surface area contributed by atoms with Gasteiger partial charge in [-0.15, -0.1) is 10.2 Å². The number of rotatable bonds is 6. The Labute approximate surface area is 138 Å². The van der Waals surface area contributed by atoms with Gasteiger partial charge in [0, 0.05) is 5.75 Å². The Balaban J connectivity index is 1.68. The van der Waals surface area contributed by atoms with E-state index in [-0.39, 0.29) is 5.82 Å². The Morgan fingerprint density at radius 3 is 2.57 bits per heavy atom. The molecule has 3 rings (SSSR count). The van der Waals surface area contributed by atoms with Crippen molar-refractivity contribution in [1.82, 2.24) is 14.9 Å². The second kappa shape index (κ2) is 7.28. The molecule has 0 radical (unpaired) electrons. The molecule has 3 aromatic rings. The summed E-state index contributed by atoms with van der Waals surface area (Å²) in [7, 11) is 0. The van der Waals surface area contributed by atoms with Gasteiger partial charge in [-0.05, 0) is 24.1 Å². The van der Waals surface area contributed by atoms with E-state index >= 15 is 0 Å². The minimum absolute atomic E-state index is 0.194. The standard InChI is InChI=1S/C17H17FN4S/c1-13-20-21-17(23-12-15-9-5-6-10-16(15)18)22(13)19-11-14-7-3-2-4-8-14/h2-10,19H,11-12H2,1H3. The molecule has 0 bridgehead atoms. The third-order valence-electron chi connectivity index (χ3n) is 3.39. The van der Waals surface area contributed by atoms with Crippen molar-refractivity contribution >= 4 is 11.8 Å². The van der Waals surface area contributed by atoms with Gasteiger partial charge in [0.1, 0.15) is 11.6 Å². The van der Waals surface area contributed by atoms with E-state index in [1.54, 1.807) is 12.1 Å². The van der Waals surface area contributed by atoms with E-state index in [1.807, 2.05) is 35.9 Å². The fraction of sp³-hybridized carbons (Fsp3) is 0.176. The molecule has 1 aromatic heterocycles. The molecule has 0 amide bonds. The van der Waals surface area contributed by atoms with Gasteiger partial charge in [-0.2, -0.15) is 0 Å². The van der Waals surface area contributed by atoms with Crippen LogP contribution in [0.2, 0.25) is 0 Å². The molecule has 0 atom stereocenters. The maximum absolute atomic E-state index is 13.7. The van der Waals surface area contributed by atoms with E-state index in [1.165, 1.54) is 23.4 Å². The summed E-state index contributed by atoms with van der Waals surface area (Å²) in [5, 5.41) is 8.99. The molecule has 1 N–H and O–H groups in total. The number of benzene rings is 2. The Bertz CT molecular complexity index is 773. The summed E-state index contributed by atoms with van der Waals surface area (Å²) in [6, 6.07) is 16.9. The third-order valence-corrected chi connectivity index (χ3v) is 4.37. The third kappa shape index (κ3) is 3.90. The van der Waals surface area contributed by atoms with Gasteiger partial charge in [0.25, 0.3) is 0 Å². The van der Waals surface area contributed by atoms with E-state index in [0.717, 1.165) is 11.0 Å². The van der Waals surface area contributed by atoms with Gasteiger partial charge in [-0.3, -0.25) is 0 Å². The van der Waals surface area contributed by atoms with Crippen LogP contribution in [0.15, 0.2) is 59.8 Å². The van der Waals surface area contributed by atoms with Gasteiger partial charge in [-0.1, -0.05) is 60.3 Å². The maximum Gasteiger partial charge on any atom is 0.210 e. The zero-order valence-electron chi connectivity index (χ0n) is 12.7. The van der Waals surface area contributed by atoms with Crippen molar-refractivity contribution in [2.24, 2.45) is 0 Å². The van der Waals surface area contributed by atoms with E-state index in [0.29, 0.717) is 17.9 Å². The van der Waals surface area contributed by atoms with E-state index in [4.69, 9.17) is 0 Å². The second-order valence-electron chi connectivity index (χ2n) is 5.07. The Kier molecular flexibility index (Phi) is 4.92. The van der Waals surface area contributed by atoms with Crippen molar-refractivity contribution in [2.75, 3.05) is 5.43 Å². The Morgan fingerprint density at radius 1 is 1.04 bits per heavy atom. The molecule has 0 aliphatic heterocycles. The van der Waals surface area contributed by atoms with Crippen LogP contribution in [0.5, 0.6) is 0 Å². The van der Waals surface area contributed by atoms with Crippen LogP contribution in [-0.2, 0) is 12.3 Å². The van der Waals surface area contributed by atoms with Crippen LogP contribution in [0.1, 0.15) is 17.0 Å². The summed E-state index contributed by atoms with van der Waals surface area (Å²) >= 11 is 1.46. The molecule has 23 heavy (non-hydrogen) atoms. The largest absolute Gasteiger partial charge is 0.318 e. The summed E-state index contributed by atoms with van der Waals surface area (Å²) in [5.41, 5.74) is 5.14. The number of nitrogens with zero attached hydrogens (tertiary/aromatic N) is 3. The molecule has 118 valence electrons. The Morgan fingerprint density at radius 2 is 1.78 bits per heavy atom. The number of hydrogen-bond acceptors (Lipinski definition) is 4. The number of halogens is 1. The number of aryl methyl sites for hydroxylation is 1. The molecule has 6 heteroatoms. The lowest BCUT2D eigenvalue weighted by Gasteiger charge is -2.11. The molecule has 4 nitrogen and oxygen atoms in total. The van der Waals surface area contributed by atoms with Crippen LogP contribution in [0.25, 0.3) is 0 Å². The highest BCUT2D eigenvalue weighted by Gasteiger charge is 2.10. The quantitative estimate of drug-likeness (QED) is 0.700. The molecule has 0 fully saturated rings. The molecule has 0 spiro atoms. The van der Waals surface area contributed by atoms with Gasteiger partial charge in [0.15, 0.2) is 0 Å². The molecule has 0 saturated heterocycles. The highest BCUT2D eigenvalue weighted by atomic mass is 32.2. The van der Waals surface area contributed by atoms with Crippen molar-refractivity contribution in [1.29, 1.82) is 0 Å². The van der Waals surface area contributed by atoms with E-state index in [2.05, 4.69) is 27.8 Å². The first kappa shape index (κ1) is 15.6. The average molecular weight is 328 g/mol. The van der Waals surface area contributed by atoms with Gasteiger partial charge in [0.2, 0.25) is 5.16 Å². The smallest absolute Gasteiger partial charge is 0.210 e. The summed E-state index contributed by atoms with van der Waals surface area (Å²) < 4.78 is 15.5. The number of aromatic nitrogens is 3. The zero-order valence-corrected chi connectivity index (χ0v) is 13.6. The lowest BCUT2D eigenvalue weighted by Crippen LogP contribution is -2.17. The van der Waals surface area contributed by atoms with E-state index in [9.17, 15) is 4.39 Å². The monoisotopic (exact) mass is 328 g/mol. The molecule has 2 aromatic carbocycles. The number of nitrogens with one attached hydrogen (secondary N) is 1. The summed E-state index contributed by atoms with van der Waals surface area (Å²) in [5.74, 6) is 1.09. The van der Waals surface area contributed by atoms with Gasteiger partial charge in [-0.25, -0.2) is 9.07 Å². The first-order chi connectivity index (χ1) is 11.2. The molecular formula is C17H17FN4S. The molecule has 1 heterocycles. The lowest BCUT2D eigenvalue weighted by molar-refractivity contribution is 0.617. The zero-order chi connectivity index (χ0) is 16.1. The SMILES string of the molecule is Cc1nnc(SCc2ccccc2F)n1NCc1ccccc1. The first-order valence-corrected chi connectivity index (χ1v) is 8.28. The van der Waals surface area contributed by atoms with Gasteiger partial charge in [0.05, 0.1) is 6.54 Å². The first-order valence-electron chi connectivity index (χ1n) is 7.30. The van der Waals surface area contributed by atoms with Crippen molar-refractivity contribution in [2.45, 2.75) is 24.4 Å². The normalized spacial score (nSPS) is 10.7. The summed E-state index contributed by atoms with van der Waals surface area (Å²) in [4.78, 5) is 0. The van der Waals surface area contributed by atoms with Crippen LogP contribution in [0.4, 0.5) is 4.39 Å². The predicted molar refractivity (Wildman–Crippen MR) is 90.2 cm³/mol. The van der Waals surface area contributed by atoms with Crippen molar-refractivity contribution in [3.63, 3.8) is 0 Å². The molecule has 0 aliphatic carbocycles. The number of thioether (sulfide) groups is 1. The second-order valence-corrected chi connectivity index (χ2v) is 6.01. The minimum atomic E-state index is -0.194. The lowest BCUT2D eigenvalue weighted by atomic mass is 10.2. The molecule has 0 unspecified atom stereocenters. The maximum atomic E-state index is 13.7. The minimum Gasteiger partial charge on any atom is -0.318 e. The highest BCUT2D eigenvalue weighted by molar-refractivity contribution is 7.98. The van der Waals surface area contributed by atoms with Gasteiger partial charge < -0.3 is 5.43 Å². The van der Waals surface area contributed by atoms with Crippen LogP contribution < -0.4 is 5.43 Å². The van der Waals surface area contributed by atoms with Crippen molar-refractivity contribution < 1.29 is 4.39 Å². The van der Waals surface area contributed by atoms with Crippen molar-refractivity contribution in [3.8, 4) is 0 Å². The van der Waals surface area contributed by atoms with Gasteiger partial charge >= 0.3 is 0 Å². The fourth-order valence-corrected chi connectivity index (χ4v) is 3.09. The van der Waals surface area contributed by atoms with Crippen LogP contribution >= 0.6 is 11.8 Å². The van der Waals surface area contributed by atoms with Crippen LogP contribution in [-0.4, -0.2) is 14.9 Å². The topological polar surface area (TPSA) is 42.7 Å². The van der Waals surface area contributed by atoms with Crippen molar-refractivity contribution in [3.05, 3.63) is 77.4 Å². The van der Waals surface area contributed by atoms with E-state index < -0.39 is 0 Å². The Hall–Kier alpha value is -2.34. The molecular weight excluding hydrogens is 311 g/mol. The summed E-state index contributed by atoms with van der Waals surface area (Å²) in [6.45, 7) is 2.56. The van der Waals surface area contributed by atoms with Crippen LogP contribution in [0, 0.1) is 12.7 Å². The molecule has 0 saturated carbocycles. The van der Waals surface area contributed by atoms with Crippen LogP contribution in [0.3, 0.4) is 0 Å². The highest BCUT2D eigenvalue weighted by Crippen LogP contribution is 2.22. The summed E-state index contributed by atoms with van der Waals surface area (Å²) in [6.07, 6.45) is 0. The predicted octanol–water partition coefficient (Wildman–Crippen LogP) is 3.76. The number of hydrogen-bond donors (Lipinski definition) is 1. The fourth-order valence-electron chi connectivity index (χ4n) is 2.14. The average Bonchev–Trinajstić information content (AvgIpc) is 2.93. The molecule has 0 aliphatic rings.